The summed E-state index contributed by atoms with van der Waals surface area (Å²) in [5, 5.41) is 3.36. The van der Waals surface area contributed by atoms with E-state index in [2.05, 4.69) is 17.4 Å². The Labute approximate surface area is 120 Å². The summed E-state index contributed by atoms with van der Waals surface area (Å²) >= 11 is 0. The van der Waals surface area contributed by atoms with Crippen LogP contribution in [-0.4, -0.2) is 26.7 Å². The summed E-state index contributed by atoms with van der Waals surface area (Å²) in [6, 6.07) is 6.11. The van der Waals surface area contributed by atoms with E-state index in [1.165, 1.54) is 11.1 Å². The van der Waals surface area contributed by atoms with Crippen LogP contribution in [0.3, 0.4) is 0 Å². The lowest BCUT2D eigenvalue weighted by atomic mass is 9.74. The molecule has 0 heterocycles. The van der Waals surface area contributed by atoms with Gasteiger partial charge in [0.1, 0.15) is 5.75 Å². The highest BCUT2D eigenvalue weighted by Gasteiger charge is 2.37. The first kappa shape index (κ1) is 14.9. The first-order valence-electron chi connectivity index (χ1n) is 7.17. The number of esters is 1. The van der Waals surface area contributed by atoms with Crippen LogP contribution in [0.15, 0.2) is 18.2 Å². The van der Waals surface area contributed by atoms with Crippen molar-refractivity contribution in [2.45, 2.75) is 38.1 Å². The topological polar surface area (TPSA) is 47.6 Å². The zero-order valence-electron chi connectivity index (χ0n) is 12.5. The standard InChI is InChI=1S/C16H23NO3/c1-4-20-15(18)11-16(17-2)9-5-6-12-10-13(19-3)7-8-14(12)16/h7-8,10,17H,4-6,9,11H2,1-3H3. The van der Waals surface area contributed by atoms with Crippen molar-refractivity contribution in [2.24, 2.45) is 0 Å². The molecule has 1 aromatic rings. The van der Waals surface area contributed by atoms with E-state index >= 15 is 0 Å². The van der Waals surface area contributed by atoms with Crippen molar-refractivity contribution in [1.29, 1.82) is 0 Å². The molecule has 0 spiro atoms. The zero-order chi connectivity index (χ0) is 14.6. The zero-order valence-corrected chi connectivity index (χ0v) is 12.5. The summed E-state index contributed by atoms with van der Waals surface area (Å²) in [4.78, 5) is 11.9. The van der Waals surface area contributed by atoms with Gasteiger partial charge in [-0.1, -0.05) is 6.07 Å². The lowest BCUT2D eigenvalue weighted by Gasteiger charge is -2.38. The fraction of sp³-hybridized carbons (Fsp3) is 0.562. The van der Waals surface area contributed by atoms with Crippen LogP contribution in [0.5, 0.6) is 5.75 Å². The minimum absolute atomic E-state index is 0.148. The first-order chi connectivity index (χ1) is 9.65. The van der Waals surface area contributed by atoms with E-state index in [1.807, 2.05) is 20.0 Å². The van der Waals surface area contributed by atoms with Crippen molar-refractivity contribution < 1.29 is 14.3 Å². The number of ether oxygens (including phenoxy) is 2. The van der Waals surface area contributed by atoms with Gasteiger partial charge in [0.05, 0.1) is 25.7 Å². The smallest absolute Gasteiger partial charge is 0.308 e. The second-order valence-electron chi connectivity index (χ2n) is 5.19. The van der Waals surface area contributed by atoms with Gasteiger partial charge in [0.25, 0.3) is 0 Å². The molecule has 0 amide bonds. The number of methoxy groups -OCH3 is 1. The molecular weight excluding hydrogens is 254 g/mol. The fourth-order valence-corrected chi connectivity index (χ4v) is 3.08. The minimum atomic E-state index is -0.313. The van der Waals surface area contributed by atoms with Gasteiger partial charge >= 0.3 is 5.97 Å². The molecule has 0 saturated carbocycles. The molecule has 0 radical (unpaired) electrons. The lowest BCUT2D eigenvalue weighted by Crippen LogP contribution is -2.45. The number of carbonyl (C=O) groups excluding carboxylic acids is 1. The van der Waals surface area contributed by atoms with Gasteiger partial charge in [-0.25, -0.2) is 0 Å². The molecule has 1 N–H and O–H groups in total. The Morgan fingerprint density at radius 2 is 2.25 bits per heavy atom. The molecule has 4 heteroatoms. The highest BCUT2D eigenvalue weighted by Crippen LogP contribution is 2.39. The average molecular weight is 277 g/mol. The van der Waals surface area contributed by atoms with Crippen LogP contribution in [-0.2, 0) is 21.5 Å². The van der Waals surface area contributed by atoms with E-state index < -0.39 is 0 Å². The molecule has 0 aromatic heterocycles. The molecule has 1 aliphatic carbocycles. The van der Waals surface area contributed by atoms with E-state index in [4.69, 9.17) is 9.47 Å². The van der Waals surface area contributed by atoms with Crippen molar-refractivity contribution in [3.63, 3.8) is 0 Å². The summed E-state index contributed by atoms with van der Waals surface area (Å²) in [6.07, 6.45) is 3.40. The maximum absolute atomic E-state index is 11.9. The quantitative estimate of drug-likeness (QED) is 0.840. The normalized spacial score (nSPS) is 21.1. The van der Waals surface area contributed by atoms with E-state index in [0.717, 1.165) is 25.0 Å². The monoisotopic (exact) mass is 277 g/mol. The van der Waals surface area contributed by atoms with Crippen LogP contribution in [0, 0.1) is 0 Å². The lowest BCUT2D eigenvalue weighted by molar-refractivity contribution is -0.145. The summed E-state index contributed by atoms with van der Waals surface area (Å²) in [5.74, 6) is 0.720. The number of hydrogen-bond donors (Lipinski definition) is 1. The van der Waals surface area contributed by atoms with Gasteiger partial charge < -0.3 is 14.8 Å². The predicted molar refractivity (Wildman–Crippen MR) is 77.9 cm³/mol. The fourth-order valence-electron chi connectivity index (χ4n) is 3.08. The van der Waals surface area contributed by atoms with Gasteiger partial charge in [-0.2, -0.15) is 0 Å². The number of aryl methyl sites for hydroxylation is 1. The van der Waals surface area contributed by atoms with Gasteiger partial charge in [-0.15, -0.1) is 0 Å². The highest BCUT2D eigenvalue weighted by atomic mass is 16.5. The highest BCUT2D eigenvalue weighted by molar-refractivity contribution is 5.71. The van der Waals surface area contributed by atoms with E-state index in [-0.39, 0.29) is 11.5 Å². The number of benzene rings is 1. The van der Waals surface area contributed by atoms with E-state index in [9.17, 15) is 4.79 Å². The number of rotatable bonds is 5. The minimum Gasteiger partial charge on any atom is -0.497 e. The second kappa shape index (κ2) is 6.27. The second-order valence-corrected chi connectivity index (χ2v) is 5.19. The molecule has 1 aromatic carbocycles. The molecule has 110 valence electrons. The van der Waals surface area contributed by atoms with Crippen LogP contribution in [0.1, 0.15) is 37.3 Å². The third-order valence-corrected chi connectivity index (χ3v) is 4.11. The summed E-state index contributed by atoms with van der Waals surface area (Å²) in [6.45, 7) is 2.26. The van der Waals surface area contributed by atoms with Crippen molar-refractivity contribution in [3.05, 3.63) is 29.3 Å². The largest absolute Gasteiger partial charge is 0.497 e. The first-order valence-corrected chi connectivity index (χ1v) is 7.17. The number of nitrogens with one attached hydrogen (secondary N) is 1. The third-order valence-electron chi connectivity index (χ3n) is 4.11. The van der Waals surface area contributed by atoms with Crippen LogP contribution in [0.4, 0.5) is 0 Å². The van der Waals surface area contributed by atoms with E-state index in [1.54, 1.807) is 7.11 Å². The molecule has 0 saturated heterocycles. The van der Waals surface area contributed by atoms with Crippen LogP contribution >= 0.6 is 0 Å². The van der Waals surface area contributed by atoms with Crippen molar-refractivity contribution in [1.82, 2.24) is 5.32 Å². The van der Waals surface area contributed by atoms with E-state index in [0.29, 0.717) is 13.0 Å². The van der Waals surface area contributed by atoms with Crippen molar-refractivity contribution in [3.8, 4) is 5.75 Å². The Morgan fingerprint density at radius 3 is 2.90 bits per heavy atom. The van der Waals surface area contributed by atoms with Crippen molar-refractivity contribution in [2.75, 3.05) is 20.8 Å². The third kappa shape index (κ3) is 2.80. The molecule has 4 nitrogen and oxygen atoms in total. The van der Waals surface area contributed by atoms with Crippen LogP contribution in [0.2, 0.25) is 0 Å². The Kier molecular flexibility index (Phi) is 4.65. The number of fused-ring (bicyclic) bond motifs is 1. The molecule has 1 atom stereocenters. The molecule has 1 unspecified atom stereocenters. The molecular formula is C16H23NO3. The SMILES string of the molecule is CCOC(=O)CC1(NC)CCCc2cc(OC)ccc21. The Morgan fingerprint density at radius 1 is 1.45 bits per heavy atom. The molecule has 0 aliphatic heterocycles. The molecule has 20 heavy (non-hydrogen) atoms. The van der Waals surface area contributed by atoms with Gasteiger partial charge in [-0.05, 0) is 56.5 Å². The number of carbonyl (C=O) groups is 1. The predicted octanol–water partition coefficient (Wildman–Crippen LogP) is 2.40. The Hall–Kier alpha value is -1.55. The molecule has 0 bridgehead atoms. The van der Waals surface area contributed by atoms with Gasteiger partial charge in [0, 0.05) is 0 Å². The van der Waals surface area contributed by atoms with Crippen molar-refractivity contribution >= 4 is 5.97 Å². The van der Waals surface area contributed by atoms with Gasteiger partial charge in [0.15, 0.2) is 0 Å². The van der Waals surface area contributed by atoms with Crippen LogP contribution in [0.25, 0.3) is 0 Å². The van der Waals surface area contributed by atoms with Crippen LogP contribution < -0.4 is 10.1 Å². The average Bonchev–Trinajstić information content (AvgIpc) is 2.47. The maximum Gasteiger partial charge on any atom is 0.308 e. The van der Waals surface area contributed by atoms with Gasteiger partial charge in [-0.3, -0.25) is 4.79 Å². The van der Waals surface area contributed by atoms with Gasteiger partial charge in [0.2, 0.25) is 0 Å². The Balaban J connectivity index is 2.34. The summed E-state index contributed by atoms with van der Waals surface area (Å²) < 4.78 is 10.4. The Bertz CT molecular complexity index is 487. The molecule has 2 rings (SSSR count). The maximum atomic E-state index is 11.9. The number of hydrogen-bond acceptors (Lipinski definition) is 4. The summed E-state index contributed by atoms with van der Waals surface area (Å²) in [7, 11) is 3.59. The molecule has 1 aliphatic rings. The molecule has 0 fully saturated rings. The summed E-state index contributed by atoms with van der Waals surface area (Å²) in [5.41, 5.74) is 2.14.